The first-order valence-corrected chi connectivity index (χ1v) is 10.5. The minimum Gasteiger partial charge on any atom is -0.497 e. The highest BCUT2D eigenvalue weighted by molar-refractivity contribution is 5.61. The van der Waals surface area contributed by atoms with Crippen LogP contribution in [0, 0.1) is 0 Å². The smallest absolute Gasteiger partial charge is 0.320 e. The molecule has 10 heteroatoms. The van der Waals surface area contributed by atoms with Crippen LogP contribution in [0.2, 0.25) is 0 Å². The van der Waals surface area contributed by atoms with E-state index in [0.29, 0.717) is 32.1 Å². The van der Waals surface area contributed by atoms with Crippen molar-refractivity contribution in [3.05, 3.63) is 42.6 Å². The van der Waals surface area contributed by atoms with E-state index < -0.39 is 6.10 Å². The van der Waals surface area contributed by atoms with Gasteiger partial charge >= 0.3 is 6.01 Å². The molecule has 3 heterocycles. The van der Waals surface area contributed by atoms with Gasteiger partial charge in [0.2, 0.25) is 0 Å². The van der Waals surface area contributed by atoms with Crippen molar-refractivity contribution in [1.82, 2.24) is 19.7 Å². The Labute approximate surface area is 186 Å². The Morgan fingerprint density at radius 3 is 2.72 bits per heavy atom. The van der Waals surface area contributed by atoms with Gasteiger partial charge < -0.3 is 29.3 Å². The first-order chi connectivity index (χ1) is 15.7. The number of morpholine rings is 1. The molecule has 1 aliphatic rings. The molecule has 1 atom stereocenters. The molecule has 10 nitrogen and oxygen atoms in total. The maximum Gasteiger partial charge on any atom is 0.320 e. The van der Waals surface area contributed by atoms with Gasteiger partial charge in [-0.3, -0.25) is 0 Å². The standard InChI is InChI=1S/C22H27N5O5/c1-30-18-4-2-3-16(13-18)19-5-7-27(25-19)21-14-20(26-8-11-31-12-9-26)23-22(24-21)32-10-6-17(29)15-28/h2-5,7,13-14,17,28-29H,6,8-12,15H2,1H3. The largest absolute Gasteiger partial charge is 0.497 e. The molecule has 0 radical (unpaired) electrons. The van der Waals surface area contributed by atoms with E-state index in [1.54, 1.807) is 11.8 Å². The molecule has 1 saturated heterocycles. The Kier molecular flexibility index (Phi) is 7.15. The fraction of sp³-hybridized carbons (Fsp3) is 0.409. The average Bonchev–Trinajstić information content (AvgIpc) is 3.35. The predicted octanol–water partition coefficient (Wildman–Crippen LogP) is 1.30. The van der Waals surface area contributed by atoms with Crippen LogP contribution in [0.5, 0.6) is 11.8 Å². The van der Waals surface area contributed by atoms with Crippen LogP contribution in [-0.2, 0) is 4.74 Å². The quantitative estimate of drug-likeness (QED) is 0.507. The fourth-order valence-corrected chi connectivity index (χ4v) is 3.30. The summed E-state index contributed by atoms with van der Waals surface area (Å²) >= 11 is 0. The SMILES string of the molecule is COc1cccc(-c2ccn(-c3cc(N4CCOCC4)nc(OCCC(O)CO)n3)n2)c1. The van der Waals surface area contributed by atoms with Crippen LogP contribution in [-0.4, -0.2) is 82.7 Å². The third kappa shape index (κ3) is 5.34. The third-order valence-electron chi connectivity index (χ3n) is 5.10. The summed E-state index contributed by atoms with van der Waals surface area (Å²) in [6, 6.07) is 11.7. The van der Waals surface area contributed by atoms with E-state index in [0.717, 1.165) is 22.8 Å². The first kappa shape index (κ1) is 22.0. The van der Waals surface area contributed by atoms with Gasteiger partial charge in [-0.15, -0.1) is 0 Å². The summed E-state index contributed by atoms with van der Waals surface area (Å²) in [5, 5.41) is 23.2. The summed E-state index contributed by atoms with van der Waals surface area (Å²) in [4.78, 5) is 11.1. The number of hydrogen-bond donors (Lipinski definition) is 2. The Morgan fingerprint density at radius 1 is 1.12 bits per heavy atom. The maximum atomic E-state index is 9.56. The molecule has 1 unspecified atom stereocenters. The summed E-state index contributed by atoms with van der Waals surface area (Å²) in [5.74, 6) is 2.04. The first-order valence-electron chi connectivity index (χ1n) is 10.5. The average molecular weight is 441 g/mol. The minimum absolute atomic E-state index is 0.182. The maximum absolute atomic E-state index is 9.56. The highest BCUT2D eigenvalue weighted by Crippen LogP contribution is 2.24. The van der Waals surface area contributed by atoms with Gasteiger partial charge in [0.25, 0.3) is 0 Å². The van der Waals surface area contributed by atoms with Gasteiger partial charge in [0, 0.05) is 37.3 Å². The molecule has 0 saturated carbocycles. The number of aliphatic hydroxyl groups excluding tert-OH is 2. The minimum atomic E-state index is -0.839. The molecule has 0 aliphatic carbocycles. The summed E-state index contributed by atoms with van der Waals surface area (Å²) < 4.78 is 18.1. The number of aromatic nitrogens is 4. The van der Waals surface area contributed by atoms with Gasteiger partial charge in [0.1, 0.15) is 11.6 Å². The Morgan fingerprint density at radius 2 is 1.94 bits per heavy atom. The van der Waals surface area contributed by atoms with E-state index in [-0.39, 0.29) is 25.6 Å². The van der Waals surface area contributed by atoms with Gasteiger partial charge in [-0.25, -0.2) is 4.68 Å². The zero-order chi connectivity index (χ0) is 22.3. The summed E-state index contributed by atoms with van der Waals surface area (Å²) in [7, 11) is 1.63. The highest BCUT2D eigenvalue weighted by Gasteiger charge is 2.17. The molecular weight excluding hydrogens is 414 g/mol. The summed E-state index contributed by atoms with van der Waals surface area (Å²) in [6.07, 6.45) is 1.27. The van der Waals surface area contributed by atoms with Crippen LogP contribution >= 0.6 is 0 Å². The van der Waals surface area contributed by atoms with E-state index in [4.69, 9.17) is 19.3 Å². The topological polar surface area (TPSA) is 115 Å². The number of anilines is 1. The summed E-state index contributed by atoms with van der Waals surface area (Å²) in [5.41, 5.74) is 1.71. The van der Waals surface area contributed by atoms with Crippen molar-refractivity contribution < 1.29 is 24.4 Å². The molecule has 2 N–H and O–H groups in total. The van der Waals surface area contributed by atoms with Gasteiger partial charge in [0.05, 0.1) is 45.3 Å². The van der Waals surface area contributed by atoms with Crippen molar-refractivity contribution in [2.45, 2.75) is 12.5 Å². The van der Waals surface area contributed by atoms with Crippen LogP contribution in [0.25, 0.3) is 17.1 Å². The van der Waals surface area contributed by atoms with Crippen molar-refractivity contribution in [1.29, 1.82) is 0 Å². The Hall–Kier alpha value is -3.21. The number of benzene rings is 1. The lowest BCUT2D eigenvalue weighted by molar-refractivity contribution is 0.0741. The van der Waals surface area contributed by atoms with Crippen LogP contribution in [0.1, 0.15) is 6.42 Å². The number of rotatable bonds is 9. The normalized spacial score (nSPS) is 14.9. The Bertz CT molecular complexity index is 1020. The molecule has 170 valence electrons. The van der Waals surface area contributed by atoms with E-state index in [1.807, 2.05) is 42.6 Å². The number of methoxy groups -OCH3 is 1. The molecule has 0 bridgehead atoms. The molecule has 4 rings (SSSR count). The number of hydrogen-bond acceptors (Lipinski definition) is 9. The molecule has 0 spiro atoms. The second-order valence-corrected chi connectivity index (χ2v) is 7.32. The van der Waals surface area contributed by atoms with Crippen molar-refractivity contribution in [3.63, 3.8) is 0 Å². The lowest BCUT2D eigenvalue weighted by Crippen LogP contribution is -2.37. The van der Waals surface area contributed by atoms with E-state index in [9.17, 15) is 5.11 Å². The fourth-order valence-electron chi connectivity index (χ4n) is 3.30. The van der Waals surface area contributed by atoms with Crippen LogP contribution in [0.3, 0.4) is 0 Å². The van der Waals surface area contributed by atoms with Gasteiger partial charge in [-0.1, -0.05) is 12.1 Å². The number of ether oxygens (including phenoxy) is 3. The molecule has 3 aromatic rings. The molecular formula is C22H27N5O5. The number of nitrogens with zero attached hydrogens (tertiary/aromatic N) is 5. The highest BCUT2D eigenvalue weighted by atomic mass is 16.5. The molecule has 1 aromatic carbocycles. The van der Waals surface area contributed by atoms with E-state index >= 15 is 0 Å². The van der Waals surface area contributed by atoms with Crippen LogP contribution in [0.15, 0.2) is 42.6 Å². The molecule has 1 aliphatic heterocycles. The molecule has 0 amide bonds. The van der Waals surface area contributed by atoms with Crippen LogP contribution < -0.4 is 14.4 Å². The zero-order valence-electron chi connectivity index (χ0n) is 17.9. The summed E-state index contributed by atoms with van der Waals surface area (Å²) in [6.45, 7) is 2.55. The van der Waals surface area contributed by atoms with Crippen molar-refractivity contribution in [3.8, 4) is 28.8 Å². The van der Waals surface area contributed by atoms with Gasteiger partial charge in [-0.2, -0.15) is 15.1 Å². The lowest BCUT2D eigenvalue weighted by atomic mass is 10.1. The predicted molar refractivity (Wildman–Crippen MR) is 117 cm³/mol. The molecule has 2 aromatic heterocycles. The molecule has 32 heavy (non-hydrogen) atoms. The number of aliphatic hydroxyl groups is 2. The van der Waals surface area contributed by atoms with Crippen molar-refractivity contribution in [2.24, 2.45) is 0 Å². The van der Waals surface area contributed by atoms with Crippen LogP contribution in [0.4, 0.5) is 5.82 Å². The lowest BCUT2D eigenvalue weighted by Gasteiger charge is -2.28. The van der Waals surface area contributed by atoms with Gasteiger partial charge in [0.15, 0.2) is 5.82 Å². The monoisotopic (exact) mass is 441 g/mol. The Balaban J connectivity index is 1.61. The second-order valence-electron chi connectivity index (χ2n) is 7.32. The van der Waals surface area contributed by atoms with Crippen molar-refractivity contribution >= 4 is 5.82 Å². The molecule has 1 fully saturated rings. The van der Waals surface area contributed by atoms with Crippen molar-refractivity contribution in [2.75, 3.05) is 51.5 Å². The second kappa shape index (κ2) is 10.4. The zero-order valence-corrected chi connectivity index (χ0v) is 17.9. The van der Waals surface area contributed by atoms with E-state index in [2.05, 4.69) is 20.0 Å². The van der Waals surface area contributed by atoms with E-state index in [1.165, 1.54) is 0 Å². The third-order valence-corrected chi connectivity index (χ3v) is 5.10. The van der Waals surface area contributed by atoms with Gasteiger partial charge in [-0.05, 0) is 18.2 Å².